The van der Waals surface area contributed by atoms with E-state index in [0.29, 0.717) is 0 Å². The fourth-order valence-electron chi connectivity index (χ4n) is 2.19. The minimum Gasteiger partial charge on any atom is -0.477 e. The third-order valence-corrected chi connectivity index (χ3v) is 3.51. The molecule has 20 heavy (non-hydrogen) atoms. The lowest BCUT2D eigenvalue weighted by atomic mass is 10.2. The molecule has 0 aliphatic carbocycles. The summed E-state index contributed by atoms with van der Waals surface area (Å²) >= 11 is 0. The van der Waals surface area contributed by atoms with Crippen molar-refractivity contribution in [2.24, 2.45) is 0 Å². The third-order valence-electron chi connectivity index (χ3n) is 3.51. The van der Waals surface area contributed by atoms with Crippen LogP contribution < -0.4 is 4.90 Å². The Morgan fingerprint density at radius 2 is 1.85 bits per heavy atom. The summed E-state index contributed by atoms with van der Waals surface area (Å²) in [5.41, 5.74) is 1.07. The van der Waals surface area contributed by atoms with Crippen LogP contribution in [0.15, 0.2) is 18.3 Å². The Bertz CT molecular complexity index is 402. The van der Waals surface area contributed by atoms with E-state index in [4.69, 9.17) is 5.11 Å². The zero-order valence-electron chi connectivity index (χ0n) is 12.7. The molecule has 0 amide bonds. The molecule has 1 N–H and O–H groups in total. The van der Waals surface area contributed by atoms with Crippen molar-refractivity contribution in [2.45, 2.75) is 27.2 Å². The van der Waals surface area contributed by atoms with Crippen molar-refractivity contribution in [1.29, 1.82) is 0 Å². The molecule has 1 aromatic heterocycles. The van der Waals surface area contributed by atoms with Gasteiger partial charge in [-0.25, -0.2) is 9.78 Å². The molecule has 0 aliphatic heterocycles. The van der Waals surface area contributed by atoms with Gasteiger partial charge in [0.1, 0.15) is 5.69 Å². The topological polar surface area (TPSA) is 56.7 Å². The molecule has 0 radical (unpaired) electrons. The molecule has 0 unspecified atom stereocenters. The third kappa shape index (κ3) is 4.81. The number of aromatic nitrogens is 1. The summed E-state index contributed by atoms with van der Waals surface area (Å²) < 4.78 is 0. The van der Waals surface area contributed by atoms with Crippen LogP contribution in [0.25, 0.3) is 0 Å². The van der Waals surface area contributed by atoms with Gasteiger partial charge in [-0.1, -0.05) is 13.8 Å². The SMILES string of the molecule is CCN(CC)CCCN(CC)c1ccc(C(=O)O)nc1. The number of rotatable bonds is 9. The quantitative estimate of drug-likeness (QED) is 0.752. The summed E-state index contributed by atoms with van der Waals surface area (Å²) in [6.07, 6.45) is 2.74. The summed E-state index contributed by atoms with van der Waals surface area (Å²) in [7, 11) is 0. The van der Waals surface area contributed by atoms with Crippen LogP contribution >= 0.6 is 0 Å². The van der Waals surface area contributed by atoms with Crippen molar-refractivity contribution >= 4 is 11.7 Å². The molecule has 0 bridgehead atoms. The number of nitrogens with zero attached hydrogens (tertiary/aromatic N) is 3. The van der Waals surface area contributed by atoms with E-state index < -0.39 is 5.97 Å². The Balaban J connectivity index is 2.55. The van der Waals surface area contributed by atoms with E-state index in [2.05, 4.69) is 35.6 Å². The van der Waals surface area contributed by atoms with E-state index in [1.54, 1.807) is 12.3 Å². The summed E-state index contributed by atoms with van der Waals surface area (Å²) in [5.74, 6) is -0.985. The number of carbonyl (C=O) groups is 1. The van der Waals surface area contributed by atoms with Gasteiger partial charge in [0.2, 0.25) is 0 Å². The van der Waals surface area contributed by atoms with E-state index in [1.807, 2.05) is 6.07 Å². The molecule has 0 aromatic carbocycles. The molecule has 0 spiro atoms. The van der Waals surface area contributed by atoms with Crippen LogP contribution in [0.2, 0.25) is 0 Å². The summed E-state index contributed by atoms with van der Waals surface area (Å²) in [4.78, 5) is 19.4. The second kappa shape index (κ2) is 8.53. The molecule has 0 aliphatic rings. The molecule has 0 atom stereocenters. The standard InChI is InChI=1S/C15H25N3O2/c1-4-17(5-2)10-7-11-18(6-3)13-8-9-14(15(19)20)16-12-13/h8-9,12H,4-7,10-11H2,1-3H3,(H,19,20). The van der Waals surface area contributed by atoms with Crippen LogP contribution in [0.4, 0.5) is 5.69 Å². The van der Waals surface area contributed by atoms with Gasteiger partial charge in [-0.15, -0.1) is 0 Å². The molecule has 0 saturated carbocycles. The minimum atomic E-state index is -0.985. The first-order valence-corrected chi connectivity index (χ1v) is 7.28. The Morgan fingerprint density at radius 3 is 2.30 bits per heavy atom. The van der Waals surface area contributed by atoms with Gasteiger partial charge in [0.15, 0.2) is 0 Å². The average molecular weight is 279 g/mol. The highest BCUT2D eigenvalue weighted by Gasteiger charge is 2.08. The minimum absolute atomic E-state index is 0.0907. The van der Waals surface area contributed by atoms with Crippen molar-refractivity contribution in [3.8, 4) is 0 Å². The maximum absolute atomic E-state index is 10.8. The van der Waals surface area contributed by atoms with Crippen LogP contribution in [-0.4, -0.2) is 53.7 Å². The van der Waals surface area contributed by atoms with Gasteiger partial charge in [-0.2, -0.15) is 0 Å². The number of anilines is 1. The molecule has 112 valence electrons. The highest BCUT2D eigenvalue weighted by atomic mass is 16.4. The van der Waals surface area contributed by atoms with Crippen molar-refractivity contribution in [3.05, 3.63) is 24.0 Å². The monoisotopic (exact) mass is 279 g/mol. The molecule has 1 aromatic rings. The van der Waals surface area contributed by atoms with E-state index in [9.17, 15) is 4.79 Å². The Labute approximate surface area is 121 Å². The number of aromatic carboxylic acids is 1. The maximum atomic E-state index is 10.8. The van der Waals surface area contributed by atoms with Crippen molar-refractivity contribution < 1.29 is 9.90 Å². The number of hydrogen-bond donors (Lipinski definition) is 1. The van der Waals surface area contributed by atoms with Gasteiger partial charge in [0, 0.05) is 13.1 Å². The molecule has 5 heteroatoms. The van der Waals surface area contributed by atoms with Gasteiger partial charge in [0.05, 0.1) is 11.9 Å². The van der Waals surface area contributed by atoms with Gasteiger partial charge in [-0.3, -0.25) is 0 Å². The first kappa shape index (κ1) is 16.4. The lowest BCUT2D eigenvalue weighted by Crippen LogP contribution is -2.30. The average Bonchev–Trinajstić information content (AvgIpc) is 2.48. The predicted octanol–water partition coefficient (Wildman–Crippen LogP) is 2.34. The van der Waals surface area contributed by atoms with Crippen LogP contribution in [0.1, 0.15) is 37.7 Å². The van der Waals surface area contributed by atoms with Crippen molar-refractivity contribution in [2.75, 3.05) is 37.6 Å². The second-order valence-corrected chi connectivity index (χ2v) is 4.67. The Morgan fingerprint density at radius 1 is 1.15 bits per heavy atom. The molecule has 0 saturated heterocycles. The summed E-state index contributed by atoms with van der Waals surface area (Å²) in [6, 6.07) is 3.39. The Hall–Kier alpha value is -1.62. The van der Waals surface area contributed by atoms with Crippen LogP contribution in [0.5, 0.6) is 0 Å². The molecule has 1 heterocycles. The molecular formula is C15H25N3O2. The summed E-state index contributed by atoms with van der Waals surface area (Å²) in [6.45, 7) is 11.6. The largest absolute Gasteiger partial charge is 0.477 e. The molecular weight excluding hydrogens is 254 g/mol. The fourth-order valence-corrected chi connectivity index (χ4v) is 2.19. The normalized spacial score (nSPS) is 10.8. The van der Waals surface area contributed by atoms with E-state index in [-0.39, 0.29) is 5.69 Å². The van der Waals surface area contributed by atoms with Gasteiger partial charge in [0.25, 0.3) is 0 Å². The number of carboxylic acids is 1. The number of pyridine rings is 1. The molecule has 0 fully saturated rings. The number of hydrogen-bond acceptors (Lipinski definition) is 4. The Kier molecular flexibility index (Phi) is 7.01. The summed E-state index contributed by atoms with van der Waals surface area (Å²) in [5, 5.41) is 8.85. The smallest absolute Gasteiger partial charge is 0.354 e. The zero-order chi connectivity index (χ0) is 15.0. The highest BCUT2D eigenvalue weighted by Crippen LogP contribution is 2.13. The number of carboxylic acid groups (broad SMARTS) is 1. The first-order chi connectivity index (χ1) is 9.62. The van der Waals surface area contributed by atoms with Crippen LogP contribution in [0, 0.1) is 0 Å². The zero-order valence-corrected chi connectivity index (χ0v) is 12.7. The van der Waals surface area contributed by atoms with E-state index in [1.165, 1.54) is 0 Å². The lowest BCUT2D eigenvalue weighted by Gasteiger charge is -2.25. The van der Waals surface area contributed by atoms with Gasteiger partial charge >= 0.3 is 5.97 Å². The first-order valence-electron chi connectivity index (χ1n) is 7.28. The van der Waals surface area contributed by atoms with Crippen LogP contribution in [0.3, 0.4) is 0 Å². The van der Waals surface area contributed by atoms with E-state index >= 15 is 0 Å². The van der Waals surface area contributed by atoms with E-state index in [0.717, 1.165) is 44.8 Å². The molecule has 5 nitrogen and oxygen atoms in total. The lowest BCUT2D eigenvalue weighted by molar-refractivity contribution is 0.0690. The van der Waals surface area contributed by atoms with Crippen molar-refractivity contribution in [3.63, 3.8) is 0 Å². The predicted molar refractivity (Wildman–Crippen MR) is 81.5 cm³/mol. The van der Waals surface area contributed by atoms with Crippen molar-refractivity contribution in [1.82, 2.24) is 9.88 Å². The van der Waals surface area contributed by atoms with Crippen LogP contribution in [-0.2, 0) is 0 Å². The van der Waals surface area contributed by atoms with Gasteiger partial charge < -0.3 is 14.9 Å². The second-order valence-electron chi connectivity index (χ2n) is 4.67. The molecule has 1 rings (SSSR count). The fraction of sp³-hybridized carbons (Fsp3) is 0.600. The van der Waals surface area contributed by atoms with Gasteiger partial charge in [-0.05, 0) is 45.1 Å². The highest BCUT2D eigenvalue weighted by molar-refractivity contribution is 5.85. The maximum Gasteiger partial charge on any atom is 0.354 e.